The molecule has 0 aliphatic carbocycles. The van der Waals surface area contributed by atoms with Gasteiger partial charge in [-0.1, -0.05) is 53.8 Å². The summed E-state index contributed by atoms with van der Waals surface area (Å²) in [6, 6.07) is 18.9. The van der Waals surface area contributed by atoms with Crippen LogP contribution in [0.25, 0.3) is 10.2 Å². The highest BCUT2D eigenvalue weighted by molar-refractivity contribution is 7.22. The van der Waals surface area contributed by atoms with E-state index in [2.05, 4.69) is 4.98 Å². The monoisotopic (exact) mass is 420 g/mol. The lowest BCUT2D eigenvalue weighted by atomic mass is 10.1. The van der Waals surface area contributed by atoms with Crippen molar-refractivity contribution in [1.82, 2.24) is 14.1 Å². The van der Waals surface area contributed by atoms with Gasteiger partial charge in [0.15, 0.2) is 5.13 Å². The number of amides is 1. The van der Waals surface area contributed by atoms with Crippen molar-refractivity contribution in [3.05, 3.63) is 93.3 Å². The molecule has 0 fully saturated rings. The maximum absolute atomic E-state index is 13.2. The summed E-state index contributed by atoms with van der Waals surface area (Å²) in [5.41, 5.74) is 1.00. The van der Waals surface area contributed by atoms with E-state index in [1.807, 2.05) is 54.6 Å². The van der Waals surface area contributed by atoms with Crippen LogP contribution in [0.15, 0.2) is 76.4 Å². The Morgan fingerprint density at radius 3 is 2.53 bits per heavy atom. The fraction of sp³-hybridized carbons (Fsp3) is 0.182. The molecule has 0 atom stereocenters. The quantitative estimate of drug-likeness (QED) is 0.480. The molecule has 0 bridgehead atoms. The van der Waals surface area contributed by atoms with Gasteiger partial charge in [0.25, 0.3) is 5.56 Å². The van der Waals surface area contributed by atoms with Gasteiger partial charge in [-0.15, -0.1) is 0 Å². The van der Waals surface area contributed by atoms with E-state index in [0.29, 0.717) is 18.1 Å². The molecule has 4 aromatic rings. The van der Waals surface area contributed by atoms with Gasteiger partial charge in [-0.25, -0.2) is 9.78 Å². The lowest BCUT2D eigenvalue weighted by Crippen LogP contribution is -2.42. The Bertz CT molecular complexity index is 1270. The molecule has 0 aliphatic rings. The fourth-order valence-corrected chi connectivity index (χ4v) is 4.16. The number of benzene rings is 2. The number of thiazole rings is 1. The van der Waals surface area contributed by atoms with Crippen LogP contribution < -0.4 is 16.1 Å². The average Bonchev–Trinajstić information content (AvgIpc) is 3.19. The lowest BCUT2D eigenvalue weighted by molar-refractivity contribution is -0.119. The predicted molar refractivity (Wildman–Crippen MR) is 118 cm³/mol. The summed E-state index contributed by atoms with van der Waals surface area (Å²) in [5, 5.41) is 0.593. The first-order chi connectivity index (χ1) is 14.5. The molecule has 0 radical (unpaired) electrons. The summed E-state index contributed by atoms with van der Waals surface area (Å²) in [6.07, 6.45) is 2.01. The van der Waals surface area contributed by atoms with E-state index in [1.54, 1.807) is 4.90 Å². The van der Waals surface area contributed by atoms with E-state index < -0.39 is 11.2 Å². The van der Waals surface area contributed by atoms with Crippen molar-refractivity contribution >= 4 is 32.6 Å². The molecule has 4 rings (SSSR count). The second-order valence-electron chi connectivity index (χ2n) is 6.87. The third-order valence-corrected chi connectivity index (χ3v) is 5.91. The van der Waals surface area contributed by atoms with Crippen LogP contribution in [0.5, 0.6) is 0 Å². The molecule has 152 valence electrons. The van der Waals surface area contributed by atoms with Crippen molar-refractivity contribution in [3.63, 3.8) is 0 Å². The molecule has 30 heavy (non-hydrogen) atoms. The van der Waals surface area contributed by atoms with Gasteiger partial charge in [-0.05, 0) is 24.1 Å². The zero-order valence-corrected chi connectivity index (χ0v) is 17.2. The van der Waals surface area contributed by atoms with Gasteiger partial charge < -0.3 is 0 Å². The third kappa shape index (κ3) is 4.08. The van der Waals surface area contributed by atoms with Crippen LogP contribution >= 0.6 is 11.3 Å². The molecule has 0 unspecified atom stereocenters. The highest BCUT2D eigenvalue weighted by atomic mass is 32.1. The Morgan fingerprint density at radius 2 is 1.77 bits per heavy atom. The minimum absolute atomic E-state index is 0.169. The van der Waals surface area contributed by atoms with E-state index in [0.717, 1.165) is 20.3 Å². The van der Waals surface area contributed by atoms with Crippen molar-refractivity contribution in [3.8, 4) is 0 Å². The molecule has 2 aromatic carbocycles. The summed E-state index contributed by atoms with van der Waals surface area (Å²) in [6.45, 7) is 0.265. The molecule has 0 aliphatic heterocycles. The zero-order valence-electron chi connectivity index (χ0n) is 16.4. The number of fused-ring (bicyclic) bond motifs is 1. The van der Waals surface area contributed by atoms with Crippen molar-refractivity contribution in [2.24, 2.45) is 7.05 Å². The summed E-state index contributed by atoms with van der Waals surface area (Å²) in [5.74, 6) is -0.259. The topological polar surface area (TPSA) is 77.2 Å². The molecule has 1 amide bonds. The van der Waals surface area contributed by atoms with Crippen LogP contribution in [-0.2, 0) is 24.8 Å². The number of rotatable bonds is 6. The Kier molecular flexibility index (Phi) is 5.58. The number of aromatic nitrogens is 3. The largest absolute Gasteiger partial charge is 0.331 e. The number of hydrogen-bond donors (Lipinski definition) is 0. The molecule has 7 nitrogen and oxygen atoms in total. The maximum atomic E-state index is 13.2. The maximum Gasteiger partial charge on any atom is 0.331 e. The standard InChI is InChI=1S/C22H20N4O3S/c1-24-19(27)12-13-25(22(24)29)15-20(28)26(14-11-16-7-3-2-4-8-16)21-23-17-9-5-6-10-18(17)30-21/h2-10,12-13H,11,14-15H2,1H3. The highest BCUT2D eigenvalue weighted by Gasteiger charge is 2.21. The van der Waals surface area contributed by atoms with Crippen LogP contribution in [0.1, 0.15) is 5.56 Å². The second kappa shape index (κ2) is 8.46. The second-order valence-corrected chi connectivity index (χ2v) is 7.88. The van der Waals surface area contributed by atoms with Gasteiger partial charge in [0.05, 0.1) is 10.2 Å². The van der Waals surface area contributed by atoms with Crippen LogP contribution in [-0.4, -0.2) is 26.6 Å². The van der Waals surface area contributed by atoms with E-state index in [1.165, 1.54) is 35.2 Å². The minimum atomic E-state index is -0.525. The minimum Gasteiger partial charge on any atom is -0.291 e. The third-order valence-electron chi connectivity index (χ3n) is 4.85. The molecule has 0 saturated carbocycles. The number of anilines is 1. The van der Waals surface area contributed by atoms with Gasteiger partial charge in [-0.3, -0.25) is 23.6 Å². The first kappa shape index (κ1) is 19.8. The number of carbonyl (C=O) groups is 1. The zero-order chi connectivity index (χ0) is 21.1. The van der Waals surface area contributed by atoms with Crippen molar-refractivity contribution < 1.29 is 4.79 Å². The van der Waals surface area contributed by atoms with Gasteiger partial charge in [0.2, 0.25) is 5.91 Å². The average molecular weight is 420 g/mol. The van der Waals surface area contributed by atoms with E-state index in [4.69, 9.17) is 0 Å². The van der Waals surface area contributed by atoms with Gasteiger partial charge >= 0.3 is 5.69 Å². The van der Waals surface area contributed by atoms with Crippen LogP contribution in [0.3, 0.4) is 0 Å². The molecule has 0 spiro atoms. The summed E-state index contributed by atoms with van der Waals surface area (Å²) in [4.78, 5) is 43.4. The lowest BCUT2D eigenvalue weighted by Gasteiger charge is -2.20. The molecule has 2 heterocycles. The van der Waals surface area contributed by atoms with Gasteiger partial charge in [0, 0.05) is 25.9 Å². The number of carbonyl (C=O) groups excluding carboxylic acids is 1. The molecule has 0 N–H and O–H groups in total. The van der Waals surface area contributed by atoms with Crippen molar-refractivity contribution in [2.45, 2.75) is 13.0 Å². The molecular weight excluding hydrogens is 400 g/mol. The van der Waals surface area contributed by atoms with E-state index >= 15 is 0 Å². The van der Waals surface area contributed by atoms with E-state index in [9.17, 15) is 14.4 Å². The SMILES string of the molecule is Cn1c(=O)ccn(CC(=O)N(CCc2ccccc2)c2nc3ccccc3s2)c1=O. The first-order valence-corrected chi connectivity index (χ1v) is 10.3. The Hall–Kier alpha value is -3.52. The van der Waals surface area contributed by atoms with Crippen molar-refractivity contribution in [2.75, 3.05) is 11.4 Å². The van der Waals surface area contributed by atoms with Crippen LogP contribution in [0.2, 0.25) is 0 Å². The molecule has 2 aromatic heterocycles. The van der Waals surface area contributed by atoms with Gasteiger partial charge in [-0.2, -0.15) is 0 Å². The van der Waals surface area contributed by atoms with Crippen LogP contribution in [0.4, 0.5) is 5.13 Å². The number of para-hydroxylation sites is 1. The summed E-state index contributed by atoms with van der Waals surface area (Å²) < 4.78 is 3.22. The number of nitrogens with zero attached hydrogens (tertiary/aromatic N) is 4. The fourth-order valence-electron chi connectivity index (χ4n) is 3.16. The van der Waals surface area contributed by atoms with Crippen molar-refractivity contribution in [1.29, 1.82) is 0 Å². The Balaban J connectivity index is 1.65. The Morgan fingerprint density at radius 1 is 1.03 bits per heavy atom. The van der Waals surface area contributed by atoms with E-state index in [-0.39, 0.29) is 12.5 Å². The normalized spacial score (nSPS) is 11.0. The Labute approximate surface area is 176 Å². The summed E-state index contributed by atoms with van der Waals surface area (Å²) in [7, 11) is 1.40. The molecule has 0 saturated heterocycles. The smallest absolute Gasteiger partial charge is 0.291 e. The summed E-state index contributed by atoms with van der Waals surface area (Å²) >= 11 is 1.44. The first-order valence-electron chi connectivity index (χ1n) is 9.49. The van der Waals surface area contributed by atoms with Gasteiger partial charge in [0.1, 0.15) is 6.54 Å². The molecular formula is C22H20N4O3S. The van der Waals surface area contributed by atoms with Crippen LogP contribution in [0, 0.1) is 0 Å². The molecule has 8 heteroatoms. The highest BCUT2D eigenvalue weighted by Crippen LogP contribution is 2.29. The predicted octanol–water partition coefficient (Wildman–Crippen LogP) is 2.43. The number of hydrogen-bond acceptors (Lipinski definition) is 5.